The molecule has 2 fully saturated rings. The number of hydrogen-bond donors (Lipinski definition) is 3. The van der Waals surface area contributed by atoms with Gasteiger partial charge < -0.3 is 29.3 Å². The number of nitrogens with one attached hydrogen (secondary N) is 2. The molecule has 4 aromatic rings. The maximum absolute atomic E-state index is 13.2. The second-order valence-electron chi connectivity index (χ2n) is 15.3. The zero-order valence-electron chi connectivity index (χ0n) is 29.2. The highest BCUT2D eigenvalue weighted by Crippen LogP contribution is 2.46. The highest BCUT2D eigenvalue weighted by molar-refractivity contribution is 5.83. The number of H-pyrrole nitrogens is 2. The number of benzene rings is 2. The lowest BCUT2D eigenvalue weighted by molar-refractivity contribution is 0.0208. The van der Waals surface area contributed by atoms with Gasteiger partial charge in [0.2, 0.25) is 0 Å². The van der Waals surface area contributed by atoms with E-state index in [1.54, 1.807) is 12.0 Å². The van der Waals surface area contributed by atoms with E-state index in [1.807, 2.05) is 27.0 Å². The maximum atomic E-state index is 13.2. The minimum absolute atomic E-state index is 0.192. The molecule has 2 aromatic carbocycles. The molecule has 0 bridgehead atoms. The van der Waals surface area contributed by atoms with Gasteiger partial charge in [0.1, 0.15) is 29.6 Å². The van der Waals surface area contributed by atoms with E-state index >= 15 is 0 Å². The number of methoxy groups -OCH3 is 1. The van der Waals surface area contributed by atoms with E-state index in [2.05, 4.69) is 47.2 Å². The number of carboxylic acid groups (broad SMARTS) is 1. The Morgan fingerprint density at radius 1 is 0.980 bits per heavy atom. The molecule has 0 saturated carbocycles. The second kappa shape index (κ2) is 12.2. The fraction of sp³-hybridized carbons (Fsp3) is 0.474. The van der Waals surface area contributed by atoms with Gasteiger partial charge in [0.25, 0.3) is 0 Å². The first-order valence-corrected chi connectivity index (χ1v) is 17.5. The summed E-state index contributed by atoms with van der Waals surface area (Å²) in [6.07, 6.45) is 3.76. The Labute approximate surface area is 291 Å². The van der Waals surface area contributed by atoms with Crippen LogP contribution in [0.2, 0.25) is 0 Å². The van der Waals surface area contributed by atoms with Gasteiger partial charge >= 0.3 is 12.2 Å². The van der Waals surface area contributed by atoms with Crippen molar-refractivity contribution < 1.29 is 28.9 Å². The average molecular weight is 681 g/mol. The van der Waals surface area contributed by atoms with Crippen molar-refractivity contribution in [1.29, 1.82) is 0 Å². The van der Waals surface area contributed by atoms with Crippen molar-refractivity contribution in [2.75, 3.05) is 26.8 Å². The molecule has 2 saturated heterocycles. The molecule has 0 radical (unpaired) electrons. The van der Waals surface area contributed by atoms with Crippen LogP contribution in [-0.2, 0) is 28.9 Å². The number of carbonyl (C=O) groups is 2. The SMILES string of the molecule is COCC1C[C@@H](c2ncc(-c3ccc4c(c3)COc3cc5c(cc3-4)CCc3[nH]c([C@@H]4CC(C)CN4C(=O)O)nc3-5)[nH]2)N(C(=O)OC(C)(C)C)C1. The zero-order valence-corrected chi connectivity index (χ0v) is 29.2. The summed E-state index contributed by atoms with van der Waals surface area (Å²) in [7, 11) is 1.68. The number of imidazole rings is 2. The van der Waals surface area contributed by atoms with Crippen LogP contribution in [0, 0.1) is 11.8 Å². The normalized spacial score (nSPS) is 22.4. The number of amides is 2. The molecule has 4 atom stereocenters. The van der Waals surface area contributed by atoms with Crippen molar-refractivity contribution in [2.45, 2.75) is 77.7 Å². The number of aromatic amines is 2. The van der Waals surface area contributed by atoms with Gasteiger partial charge in [0, 0.05) is 42.9 Å². The van der Waals surface area contributed by atoms with E-state index < -0.39 is 11.7 Å². The third-order valence-electron chi connectivity index (χ3n) is 10.4. The van der Waals surface area contributed by atoms with Crippen LogP contribution in [0.1, 0.15) is 81.1 Å². The van der Waals surface area contributed by atoms with Gasteiger partial charge in [-0.3, -0.25) is 9.80 Å². The average Bonchev–Trinajstić information content (AvgIpc) is 3.88. The largest absolute Gasteiger partial charge is 0.488 e. The molecule has 3 N–H and O–H groups in total. The van der Waals surface area contributed by atoms with E-state index in [4.69, 9.17) is 24.2 Å². The molecule has 1 aliphatic carbocycles. The summed E-state index contributed by atoms with van der Waals surface area (Å²) in [5.74, 6) is 2.76. The Morgan fingerprint density at radius 2 is 1.80 bits per heavy atom. The van der Waals surface area contributed by atoms with Gasteiger partial charge in [-0.2, -0.15) is 0 Å². The van der Waals surface area contributed by atoms with Crippen LogP contribution in [0.15, 0.2) is 36.5 Å². The Bertz CT molecular complexity index is 1980. The second-order valence-corrected chi connectivity index (χ2v) is 15.3. The number of hydrogen-bond acceptors (Lipinski definition) is 7. The Hall–Kier alpha value is -4.84. The lowest BCUT2D eigenvalue weighted by atomic mass is 9.86. The van der Waals surface area contributed by atoms with Gasteiger partial charge in [-0.15, -0.1) is 0 Å². The smallest absolute Gasteiger partial charge is 0.410 e. The van der Waals surface area contributed by atoms with E-state index in [1.165, 1.54) is 10.5 Å². The molecule has 50 heavy (non-hydrogen) atoms. The molecular weight excluding hydrogens is 636 g/mol. The van der Waals surface area contributed by atoms with Gasteiger partial charge in [-0.05, 0) is 92.8 Å². The first kappa shape index (κ1) is 32.4. The van der Waals surface area contributed by atoms with Crippen molar-refractivity contribution >= 4 is 12.2 Å². The lowest BCUT2D eigenvalue weighted by Crippen LogP contribution is -2.37. The van der Waals surface area contributed by atoms with Crippen LogP contribution in [-0.4, -0.2) is 79.4 Å². The summed E-state index contributed by atoms with van der Waals surface area (Å²) in [5.41, 5.74) is 8.77. The number of aryl methyl sites for hydroxylation is 2. The molecule has 2 amide bonds. The Kier molecular flexibility index (Phi) is 7.89. The van der Waals surface area contributed by atoms with E-state index in [9.17, 15) is 14.7 Å². The molecule has 2 aromatic heterocycles. The molecule has 262 valence electrons. The third kappa shape index (κ3) is 5.78. The number of fused-ring (bicyclic) bond motifs is 6. The third-order valence-corrected chi connectivity index (χ3v) is 10.4. The van der Waals surface area contributed by atoms with Crippen LogP contribution in [0.25, 0.3) is 33.6 Å². The number of nitrogens with zero attached hydrogens (tertiary/aromatic N) is 4. The van der Waals surface area contributed by atoms with Crippen molar-refractivity contribution in [1.82, 2.24) is 29.7 Å². The standard InChI is InChI=1S/C38H44N6O6/c1-20-10-30(43(16-20)36(45)46)35-40-28-9-7-22-13-27-25-8-6-23(12-24(25)19-49-32(27)14-26(22)33(28)42-35)29-15-39-34(41-29)31-11-21(18-48-5)17-44(31)37(47)50-38(2,3)4/h6,8,12-15,20-21,30-31H,7,9-11,16-19H2,1-5H3,(H,39,41)(H,40,42)(H,45,46)/t20?,21?,30-,31-/m0/s1. The summed E-state index contributed by atoms with van der Waals surface area (Å²) in [6.45, 7) is 9.77. The van der Waals surface area contributed by atoms with Gasteiger partial charge in [-0.25, -0.2) is 19.6 Å². The fourth-order valence-corrected chi connectivity index (χ4v) is 8.16. The number of ether oxygens (including phenoxy) is 3. The first-order chi connectivity index (χ1) is 24.0. The minimum atomic E-state index is -0.902. The fourth-order valence-electron chi connectivity index (χ4n) is 8.16. The Morgan fingerprint density at radius 3 is 2.58 bits per heavy atom. The monoisotopic (exact) mass is 680 g/mol. The Balaban J connectivity index is 1.05. The summed E-state index contributed by atoms with van der Waals surface area (Å²) in [4.78, 5) is 45.1. The molecule has 4 aliphatic rings. The lowest BCUT2D eigenvalue weighted by Gasteiger charge is -2.27. The summed E-state index contributed by atoms with van der Waals surface area (Å²) >= 11 is 0. The van der Waals surface area contributed by atoms with E-state index in [0.717, 1.165) is 88.0 Å². The van der Waals surface area contributed by atoms with Crippen LogP contribution in [0.3, 0.4) is 0 Å². The number of carbonyl (C=O) groups excluding carboxylic acids is 1. The van der Waals surface area contributed by atoms with Crippen molar-refractivity contribution in [3.05, 3.63) is 65.0 Å². The predicted molar refractivity (Wildman–Crippen MR) is 186 cm³/mol. The molecule has 12 nitrogen and oxygen atoms in total. The van der Waals surface area contributed by atoms with Crippen LogP contribution in [0.5, 0.6) is 5.75 Å². The molecule has 5 heterocycles. The predicted octanol–water partition coefficient (Wildman–Crippen LogP) is 7.13. The van der Waals surface area contributed by atoms with E-state index in [0.29, 0.717) is 26.3 Å². The number of rotatable bonds is 5. The highest BCUT2D eigenvalue weighted by atomic mass is 16.6. The van der Waals surface area contributed by atoms with Crippen molar-refractivity contribution in [3.63, 3.8) is 0 Å². The van der Waals surface area contributed by atoms with Crippen molar-refractivity contribution in [3.8, 4) is 39.4 Å². The maximum Gasteiger partial charge on any atom is 0.410 e. The van der Waals surface area contributed by atoms with Crippen molar-refractivity contribution in [2.24, 2.45) is 11.8 Å². The first-order valence-electron chi connectivity index (χ1n) is 17.5. The van der Waals surface area contributed by atoms with Crippen LogP contribution < -0.4 is 4.74 Å². The zero-order chi connectivity index (χ0) is 34.9. The molecule has 0 spiro atoms. The molecule has 3 aliphatic heterocycles. The van der Waals surface area contributed by atoms with Gasteiger partial charge in [0.05, 0.1) is 36.3 Å². The molecular formula is C38H44N6O6. The summed E-state index contributed by atoms with van der Waals surface area (Å²) < 4.78 is 17.5. The van der Waals surface area contributed by atoms with Gasteiger partial charge in [0.15, 0.2) is 0 Å². The topological polar surface area (TPSA) is 146 Å². The van der Waals surface area contributed by atoms with Crippen LogP contribution in [0.4, 0.5) is 9.59 Å². The minimum Gasteiger partial charge on any atom is -0.488 e. The number of aromatic nitrogens is 4. The molecule has 8 rings (SSSR count). The van der Waals surface area contributed by atoms with Gasteiger partial charge in [-0.1, -0.05) is 19.1 Å². The molecule has 2 unspecified atom stereocenters. The van der Waals surface area contributed by atoms with E-state index in [-0.39, 0.29) is 30.0 Å². The quantitative estimate of drug-likeness (QED) is 0.202. The summed E-state index contributed by atoms with van der Waals surface area (Å²) in [5, 5.41) is 9.79. The molecule has 12 heteroatoms. The number of likely N-dealkylation sites (tertiary alicyclic amines) is 2. The highest BCUT2D eigenvalue weighted by Gasteiger charge is 2.40. The van der Waals surface area contributed by atoms with Crippen LogP contribution >= 0.6 is 0 Å². The summed E-state index contributed by atoms with van der Waals surface area (Å²) in [6, 6.07) is 10.3.